The van der Waals surface area contributed by atoms with Crippen LogP contribution in [0, 0.1) is 34.0 Å². The van der Waals surface area contributed by atoms with Gasteiger partial charge in [-0.3, -0.25) is 9.59 Å². The number of carbonyl (C=O) groups is 2. The number of carbonyl (C=O) groups excluding carboxylic acids is 2. The summed E-state index contributed by atoms with van der Waals surface area (Å²) in [5.41, 5.74) is 2.56. The van der Waals surface area contributed by atoms with Crippen molar-refractivity contribution in [3.63, 3.8) is 0 Å². The number of epoxide rings is 1. The zero-order chi connectivity index (χ0) is 31.3. The van der Waals surface area contributed by atoms with Crippen LogP contribution in [0.2, 0.25) is 0 Å². The van der Waals surface area contributed by atoms with Crippen LogP contribution in [0.5, 0.6) is 0 Å². The summed E-state index contributed by atoms with van der Waals surface area (Å²) in [4.78, 5) is 26.8. The second-order valence-corrected chi connectivity index (χ2v) is 15.8. The highest BCUT2D eigenvalue weighted by molar-refractivity contribution is 5.90. The molecular formula is C35H50O8. The Kier molecular flexibility index (Phi) is 7.59. The highest BCUT2D eigenvalue weighted by Crippen LogP contribution is 2.66. The Balaban J connectivity index is 1.23. The SMILES string of the molecule is C[C@H](CC(=O)[C@@H]1OC1(C)C)[C@H]1C(=O)C[C@@]2(C)C3=CC[C@@H]4C(=CC3=CC[C@]12C)CC[C@H](O[C@@H]1OC[C@@H](O)[C@H](O)[C@H]1O)C4(C)C. The van der Waals surface area contributed by atoms with Crippen molar-refractivity contribution in [1.82, 2.24) is 0 Å². The third kappa shape index (κ3) is 4.86. The van der Waals surface area contributed by atoms with Gasteiger partial charge in [0.25, 0.3) is 0 Å². The first-order valence-corrected chi connectivity index (χ1v) is 16.2. The van der Waals surface area contributed by atoms with Gasteiger partial charge in [0.15, 0.2) is 12.1 Å². The van der Waals surface area contributed by atoms with Gasteiger partial charge in [-0.2, -0.15) is 0 Å². The van der Waals surface area contributed by atoms with Gasteiger partial charge in [-0.1, -0.05) is 58.4 Å². The van der Waals surface area contributed by atoms with E-state index in [1.165, 1.54) is 16.7 Å². The predicted molar refractivity (Wildman–Crippen MR) is 160 cm³/mol. The molecule has 43 heavy (non-hydrogen) atoms. The van der Waals surface area contributed by atoms with Gasteiger partial charge in [0.05, 0.1) is 18.3 Å². The maximum atomic E-state index is 13.8. The monoisotopic (exact) mass is 598 g/mol. The van der Waals surface area contributed by atoms with Gasteiger partial charge in [0, 0.05) is 24.2 Å². The number of aliphatic hydroxyl groups excluding tert-OH is 3. The number of hydrogen-bond donors (Lipinski definition) is 3. The minimum Gasteiger partial charge on any atom is -0.388 e. The average molecular weight is 599 g/mol. The molecule has 8 heteroatoms. The van der Waals surface area contributed by atoms with E-state index in [-0.39, 0.29) is 64.4 Å². The van der Waals surface area contributed by atoms with Gasteiger partial charge in [-0.25, -0.2) is 0 Å². The second kappa shape index (κ2) is 10.4. The molecule has 0 amide bonds. The first kappa shape index (κ1) is 31.3. The van der Waals surface area contributed by atoms with E-state index in [2.05, 4.69) is 52.8 Å². The number of allylic oxidation sites excluding steroid dienone is 6. The van der Waals surface area contributed by atoms with E-state index < -0.39 is 30.2 Å². The molecule has 0 radical (unpaired) electrons. The smallest absolute Gasteiger partial charge is 0.186 e. The summed E-state index contributed by atoms with van der Waals surface area (Å²) in [5, 5.41) is 30.5. The number of hydrogen-bond acceptors (Lipinski definition) is 8. The zero-order valence-corrected chi connectivity index (χ0v) is 26.8. The van der Waals surface area contributed by atoms with Crippen LogP contribution in [-0.2, 0) is 23.8 Å². The topological polar surface area (TPSA) is 126 Å². The van der Waals surface area contributed by atoms with E-state index in [9.17, 15) is 24.9 Å². The fourth-order valence-electron chi connectivity index (χ4n) is 9.47. The van der Waals surface area contributed by atoms with E-state index in [1.807, 2.05) is 13.8 Å². The highest BCUT2D eigenvalue weighted by Gasteiger charge is 2.63. The number of rotatable bonds is 6. The molecule has 3 N–H and O–H groups in total. The van der Waals surface area contributed by atoms with Crippen LogP contribution < -0.4 is 0 Å². The summed E-state index contributed by atoms with van der Waals surface area (Å²) < 4.78 is 17.5. The summed E-state index contributed by atoms with van der Waals surface area (Å²) in [6.07, 6.45) is 5.79. The first-order valence-electron chi connectivity index (χ1n) is 16.2. The Bertz CT molecular complexity index is 1280. The summed E-state index contributed by atoms with van der Waals surface area (Å²) in [7, 11) is 0. The van der Waals surface area contributed by atoms with E-state index in [0.717, 1.165) is 25.7 Å². The number of Topliss-reactive ketones (excluding diaryl/α,β-unsaturated/α-hetero) is 2. The number of aliphatic hydroxyl groups is 3. The van der Waals surface area contributed by atoms with Crippen molar-refractivity contribution in [2.75, 3.05) is 6.61 Å². The van der Waals surface area contributed by atoms with Crippen molar-refractivity contribution in [3.05, 3.63) is 34.9 Å². The third-order valence-electron chi connectivity index (χ3n) is 12.4. The molecule has 0 spiro atoms. The lowest BCUT2D eigenvalue weighted by molar-refractivity contribution is -0.295. The van der Waals surface area contributed by atoms with Crippen LogP contribution in [0.15, 0.2) is 34.9 Å². The molecule has 4 aliphatic carbocycles. The van der Waals surface area contributed by atoms with Gasteiger partial charge in [0.1, 0.15) is 30.2 Å². The molecule has 2 saturated heterocycles. The fraction of sp³-hybridized carbons (Fsp3) is 0.771. The molecule has 0 aromatic rings. The van der Waals surface area contributed by atoms with E-state index in [0.29, 0.717) is 12.8 Å². The molecule has 6 aliphatic rings. The minimum atomic E-state index is -1.31. The normalized spacial score (nSPS) is 45.4. The van der Waals surface area contributed by atoms with E-state index >= 15 is 0 Å². The second-order valence-electron chi connectivity index (χ2n) is 15.8. The van der Waals surface area contributed by atoms with Crippen LogP contribution in [0.4, 0.5) is 0 Å². The minimum absolute atomic E-state index is 0.0529. The zero-order valence-electron chi connectivity index (χ0n) is 26.8. The van der Waals surface area contributed by atoms with Crippen LogP contribution in [0.3, 0.4) is 0 Å². The van der Waals surface area contributed by atoms with Gasteiger partial charge < -0.3 is 29.5 Å². The number of fused-ring (bicyclic) bond motifs is 4. The van der Waals surface area contributed by atoms with Crippen molar-refractivity contribution in [2.45, 2.75) is 129 Å². The molecule has 6 rings (SSSR count). The van der Waals surface area contributed by atoms with Crippen LogP contribution >= 0.6 is 0 Å². The van der Waals surface area contributed by atoms with Gasteiger partial charge >= 0.3 is 0 Å². The molecule has 2 saturated carbocycles. The fourth-order valence-corrected chi connectivity index (χ4v) is 9.47. The van der Waals surface area contributed by atoms with Crippen molar-refractivity contribution in [1.29, 1.82) is 0 Å². The standard InChI is InChI=1S/C35H50O8/c1-18(14-23(36)30-33(4,5)43-30)27-24(37)16-35(7)22-10-9-21-19(15-20(22)12-13-34(27,35)6)8-11-26(32(21,2)3)42-31-29(40)28(39)25(38)17-41-31/h10,12,15,18,21,25-31,38-40H,8-9,11,13-14,16-17H2,1-7H3/t18-,21-,25-,26+,27+,28+,29-,30+,31+,34-,35+/m1/s1. The predicted octanol–water partition coefficient (Wildman–Crippen LogP) is 4.21. The van der Waals surface area contributed by atoms with Gasteiger partial charge in [0.2, 0.25) is 0 Å². The quantitative estimate of drug-likeness (QED) is 0.389. The van der Waals surface area contributed by atoms with Crippen LogP contribution in [0.25, 0.3) is 0 Å². The molecule has 0 aromatic carbocycles. The van der Waals surface area contributed by atoms with Crippen LogP contribution in [0.1, 0.15) is 87.0 Å². The summed E-state index contributed by atoms with van der Waals surface area (Å²) in [5.74, 6) is 0.321. The lowest BCUT2D eigenvalue weighted by Gasteiger charge is -2.49. The molecule has 0 unspecified atom stereocenters. The van der Waals surface area contributed by atoms with Crippen molar-refractivity contribution >= 4 is 11.6 Å². The average Bonchev–Trinajstić information content (AvgIpc) is 3.56. The molecule has 4 fully saturated rings. The third-order valence-corrected chi connectivity index (χ3v) is 12.4. The maximum absolute atomic E-state index is 13.8. The van der Waals surface area contributed by atoms with Crippen molar-refractivity contribution < 1.29 is 39.1 Å². The van der Waals surface area contributed by atoms with Crippen molar-refractivity contribution in [3.8, 4) is 0 Å². The Morgan fingerprint density at radius 2 is 1.79 bits per heavy atom. The first-order chi connectivity index (χ1) is 20.0. The number of ketones is 2. The summed E-state index contributed by atoms with van der Waals surface area (Å²) in [6, 6.07) is 0. The van der Waals surface area contributed by atoms with Crippen LogP contribution in [-0.4, -0.2) is 75.9 Å². The Morgan fingerprint density at radius 1 is 1.09 bits per heavy atom. The molecule has 11 atom stereocenters. The Labute approximate surface area is 255 Å². The van der Waals surface area contributed by atoms with E-state index in [1.54, 1.807) is 0 Å². The molecule has 8 nitrogen and oxygen atoms in total. The molecule has 2 heterocycles. The largest absolute Gasteiger partial charge is 0.388 e. The Hall–Kier alpha value is -1.68. The molecule has 2 aliphatic heterocycles. The highest BCUT2D eigenvalue weighted by atomic mass is 16.7. The van der Waals surface area contributed by atoms with Gasteiger partial charge in [-0.05, 0) is 73.3 Å². The number of ether oxygens (including phenoxy) is 3. The summed E-state index contributed by atoms with van der Waals surface area (Å²) >= 11 is 0. The Morgan fingerprint density at radius 3 is 2.47 bits per heavy atom. The molecular weight excluding hydrogens is 548 g/mol. The van der Waals surface area contributed by atoms with Crippen molar-refractivity contribution in [2.24, 2.45) is 34.0 Å². The lowest BCUT2D eigenvalue weighted by Crippen LogP contribution is -2.56. The lowest BCUT2D eigenvalue weighted by atomic mass is 9.53. The summed E-state index contributed by atoms with van der Waals surface area (Å²) in [6.45, 7) is 14.8. The molecule has 238 valence electrons. The van der Waals surface area contributed by atoms with Gasteiger partial charge in [-0.15, -0.1) is 0 Å². The van der Waals surface area contributed by atoms with E-state index in [4.69, 9.17) is 14.2 Å². The molecule has 0 bridgehead atoms. The molecule has 0 aromatic heterocycles. The maximum Gasteiger partial charge on any atom is 0.186 e.